The zero-order valence-corrected chi connectivity index (χ0v) is 15.5. The van der Waals surface area contributed by atoms with E-state index in [1.165, 1.54) is 14.2 Å². The molecule has 0 radical (unpaired) electrons. The third-order valence-electron chi connectivity index (χ3n) is 5.21. The van der Waals surface area contributed by atoms with E-state index in [1.54, 1.807) is 0 Å². The van der Waals surface area contributed by atoms with Crippen LogP contribution in [-0.2, 0) is 19.1 Å². The summed E-state index contributed by atoms with van der Waals surface area (Å²) >= 11 is 0. The van der Waals surface area contributed by atoms with Crippen molar-refractivity contribution in [3.63, 3.8) is 0 Å². The SMILES string of the molecule is C=C1CC(C(=O)OC)(C(=O)OC)C/C1=C/[Si](CC)(CC)CC. The Morgan fingerprint density at radius 3 is 1.91 bits per heavy atom. The highest BCUT2D eigenvalue weighted by atomic mass is 28.3. The molecule has 124 valence electrons. The van der Waals surface area contributed by atoms with Gasteiger partial charge in [0.2, 0.25) is 0 Å². The number of methoxy groups -OCH3 is 2. The molecule has 0 aromatic heterocycles. The Labute approximate surface area is 134 Å². The van der Waals surface area contributed by atoms with Crippen LogP contribution in [0.15, 0.2) is 23.4 Å². The van der Waals surface area contributed by atoms with Gasteiger partial charge < -0.3 is 9.47 Å². The van der Waals surface area contributed by atoms with Gasteiger partial charge in [0.25, 0.3) is 0 Å². The van der Waals surface area contributed by atoms with E-state index >= 15 is 0 Å². The molecule has 0 atom stereocenters. The predicted octanol–water partition coefficient (Wildman–Crippen LogP) is 3.64. The van der Waals surface area contributed by atoms with Gasteiger partial charge in [-0.25, -0.2) is 0 Å². The summed E-state index contributed by atoms with van der Waals surface area (Å²) in [6, 6.07) is 3.46. The first-order valence-corrected chi connectivity index (χ1v) is 10.6. The van der Waals surface area contributed by atoms with Crippen molar-refractivity contribution < 1.29 is 19.1 Å². The molecule has 0 bridgehead atoms. The lowest BCUT2D eigenvalue weighted by atomic mass is 9.86. The molecule has 0 aliphatic heterocycles. The molecule has 1 saturated carbocycles. The van der Waals surface area contributed by atoms with Crippen LogP contribution in [0.4, 0.5) is 0 Å². The van der Waals surface area contributed by atoms with E-state index in [4.69, 9.17) is 9.47 Å². The first-order chi connectivity index (χ1) is 10.3. The van der Waals surface area contributed by atoms with Crippen LogP contribution in [0.1, 0.15) is 33.6 Å². The number of hydrogen-bond donors (Lipinski definition) is 0. The molecule has 0 unspecified atom stereocenters. The van der Waals surface area contributed by atoms with Gasteiger partial charge in [-0.05, 0) is 12.8 Å². The number of hydrogen-bond acceptors (Lipinski definition) is 4. The van der Waals surface area contributed by atoms with Crippen LogP contribution in [0.5, 0.6) is 0 Å². The van der Waals surface area contributed by atoms with Crippen LogP contribution >= 0.6 is 0 Å². The van der Waals surface area contributed by atoms with Crippen LogP contribution in [0.25, 0.3) is 0 Å². The second kappa shape index (κ2) is 7.27. The van der Waals surface area contributed by atoms with Gasteiger partial charge in [-0.1, -0.05) is 62.3 Å². The quantitative estimate of drug-likeness (QED) is 0.425. The van der Waals surface area contributed by atoms with E-state index < -0.39 is 25.4 Å². The van der Waals surface area contributed by atoms with Crippen LogP contribution in [-0.4, -0.2) is 34.2 Å². The highest BCUT2D eigenvalue weighted by molar-refractivity contribution is 6.84. The minimum atomic E-state index is -1.50. The summed E-state index contributed by atoms with van der Waals surface area (Å²) in [6.45, 7) is 10.8. The Hall–Kier alpha value is -1.36. The Morgan fingerprint density at radius 2 is 1.55 bits per heavy atom. The zero-order chi connectivity index (χ0) is 17.0. The Kier molecular flexibility index (Phi) is 6.17. The van der Waals surface area contributed by atoms with Gasteiger partial charge in [0.05, 0.1) is 22.3 Å². The van der Waals surface area contributed by atoms with Gasteiger partial charge in [0.1, 0.15) is 0 Å². The first kappa shape index (κ1) is 18.7. The average molecular weight is 324 g/mol. The van der Waals surface area contributed by atoms with Gasteiger partial charge >= 0.3 is 11.9 Å². The van der Waals surface area contributed by atoms with E-state index in [0.717, 1.165) is 29.3 Å². The summed E-state index contributed by atoms with van der Waals surface area (Å²) in [4.78, 5) is 24.4. The maximum Gasteiger partial charge on any atom is 0.323 e. The predicted molar refractivity (Wildman–Crippen MR) is 90.1 cm³/mol. The summed E-state index contributed by atoms with van der Waals surface area (Å²) in [5, 5.41) is 0. The largest absolute Gasteiger partial charge is 0.468 e. The molecule has 0 aromatic rings. The van der Waals surface area contributed by atoms with Crippen molar-refractivity contribution in [2.75, 3.05) is 14.2 Å². The number of rotatable bonds is 6. The molecule has 0 aromatic carbocycles. The number of ether oxygens (including phenoxy) is 2. The molecule has 5 heteroatoms. The van der Waals surface area contributed by atoms with Crippen molar-refractivity contribution >= 4 is 20.0 Å². The van der Waals surface area contributed by atoms with Crippen LogP contribution < -0.4 is 0 Å². The molecule has 0 saturated heterocycles. The lowest BCUT2D eigenvalue weighted by Crippen LogP contribution is -2.39. The Morgan fingerprint density at radius 1 is 1.09 bits per heavy atom. The molecule has 0 heterocycles. The molecular formula is C17H28O4Si. The molecule has 0 spiro atoms. The third-order valence-corrected chi connectivity index (χ3v) is 10.4. The fraction of sp³-hybridized carbons (Fsp3) is 0.647. The minimum absolute atomic E-state index is 0.291. The van der Waals surface area contributed by atoms with Crippen LogP contribution in [0, 0.1) is 5.41 Å². The number of allylic oxidation sites excluding steroid dienone is 2. The molecular weight excluding hydrogens is 296 g/mol. The molecule has 1 aliphatic rings. The topological polar surface area (TPSA) is 52.6 Å². The number of esters is 2. The van der Waals surface area contributed by atoms with Crippen molar-refractivity contribution in [2.45, 2.75) is 51.7 Å². The second-order valence-corrected chi connectivity index (χ2v) is 11.2. The summed E-state index contributed by atoms with van der Waals surface area (Å²) in [5.41, 5.74) is 3.01. The maximum absolute atomic E-state index is 12.2. The Balaban J connectivity index is 3.26. The van der Waals surface area contributed by atoms with E-state index in [1.807, 2.05) is 0 Å². The summed E-state index contributed by atoms with van der Waals surface area (Å²) < 4.78 is 9.74. The van der Waals surface area contributed by atoms with E-state index in [0.29, 0.717) is 12.8 Å². The fourth-order valence-electron chi connectivity index (χ4n) is 3.33. The second-order valence-electron chi connectivity index (χ2n) is 6.11. The summed E-state index contributed by atoms with van der Waals surface area (Å²) in [5.74, 6) is -1.05. The van der Waals surface area contributed by atoms with Gasteiger partial charge in [-0.15, -0.1) is 0 Å². The highest BCUT2D eigenvalue weighted by Crippen LogP contribution is 2.47. The summed E-state index contributed by atoms with van der Waals surface area (Å²) in [6.07, 6.45) is 0.639. The lowest BCUT2D eigenvalue weighted by Gasteiger charge is -2.25. The molecule has 1 fully saturated rings. The average Bonchev–Trinajstić information content (AvgIpc) is 2.88. The van der Waals surface area contributed by atoms with Crippen molar-refractivity contribution in [3.8, 4) is 0 Å². The molecule has 22 heavy (non-hydrogen) atoms. The molecule has 0 N–H and O–H groups in total. The summed E-state index contributed by atoms with van der Waals surface area (Å²) in [7, 11) is 1.11. The standard InChI is InChI=1S/C17H28O4Si/c1-7-22(8-2,9-3)12-14-11-17(10-13(14)4,15(18)20-5)16(19)21-6/h12H,4,7-11H2,1-3,5-6H3/b14-12-. The van der Waals surface area contributed by atoms with Crippen molar-refractivity contribution in [1.29, 1.82) is 0 Å². The van der Waals surface area contributed by atoms with Gasteiger partial charge in [-0.3, -0.25) is 9.59 Å². The zero-order valence-electron chi connectivity index (χ0n) is 14.5. The lowest BCUT2D eigenvalue weighted by molar-refractivity contribution is -0.168. The number of carbonyl (C=O) groups is 2. The van der Waals surface area contributed by atoms with Gasteiger partial charge in [0, 0.05) is 0 Å². The van der Waals surface area contributed by atoms with Crippen molar-refractivity contribution in [2.24, 2.45) is 5.41 Å². The third kappa shape index (κ3) is 3.19. The molecule has 0 amide bonds. The minimum Gasteiger partial charge on any atom is -0.468 e. The normalized spacial score (nSPS) is 19.3. The smallest absolute Gasteiger partial charge is 0.323 e. The van der Waals surface area contributed by atoms with Crippen molar-refractivity contribution in [3.05, 3.63) is 23.4 Å². The maximum atomic E-state index is 12.2. The number of carbonyl (C=O) groups excluding carboxylic acids is 2. The van der Waals surface area contributed by atoms with Crippen molar-refractivity contribution in [1.82, 2.24) is 0 Å². The van der Waals surface area contributed by atoms with E-state index in [9.17, 15) is 9.59 Å². The van der Waals surface area contributed by atoms with Gasteiger partial charge in [0.15, 0.2) is 5.41 Å². The van der Waals surface area contributed by atoms with Gasteiger partial charge in [-0.2, -0.15) is 0 Å². The molecule has 1 rings (SSSR count). The van der Waals surface area contributed by atoms with E-state index in [-0.39, 0.29) is 0 Å². The molecule has 4 nitrogen and oxygen atoms in total. The Bertz CT molecular complexity index is 465. The first-order valence-electron chi connectivity index (χ1n) is 7.91. The molecule has 1 aliphatic carbocycles. The highest BCUT2D eigenvalue weighted by Gasteiger charge is 2.53. The van der Waals surface area contributed by atoms with Crippen LogP contribution in [0.2, 0.25) is 18.1 Å². The fourth-order valence-corrected chi connectivity index (χ4v) is 6.49. The van der Waals surface area contributed by atoms with E-state index in [2.05, 4.69) is 33.0 Å². The monoisotopic (exact) mass is 324 g/mol. The van der Waals surface area contributed by atoms with Crippen LogP contribution in [0.3, 0.4) is 0 Å².